The average Bonchev–Trinajstić information content (AvgIpc) is 3.07. The molecule has 0 atom stereocenters. The van der Waals surface area contributed by atoms with Crippen LogP contribution in [0.15, 0.2) is 53.7 Å². The van der Waals surface area contributed by atoms with Crippen molar-refractivity contribution in [2.45, 2.75) is 18.3 Å². The summed E-state index contributed by atoms with van der Waals surface area (Å²) in [5.41, 5.74) is 0.923. The van der Waals surface area contributed by atoms with Crippen molar-refractivity contribution in [1.82, 2.24) is 14.9 Å². The summed E-state index contributed by atoms with van der Waals surface area (Å²) < 4.78 is 7.49. The number of rotatable bonds is 5. The molecule has 1 aliphatic heterocycles. The largest absolute Gasteiger partial charge is 0.486 e. The Labute approximate surface area is 170 Å². The zero-order chi connectivity index (χ0) is 18.8. The highest BCUT2D eigenvalue weighted by Gasteiger charge is 2.29. The number of hydrogen-bond acceptors (Lipinski definition) is 5. The predicted octanol–water partition coefficient (Wildman–Crippen LogP) is 3.93. The van der Waals surface area contributed by atoms with E-state index in [1.54, 1.807) is 40.0 Å². The maximum atomic E-state index is 12.5. The van der Waals surface area contributed by atoms with E-state index in [1.807, 2.05) is 18.2 Å². The Balaban J connectivity index is 1.58. The van der Waals surface area contributed by atoms with E-state index in [0.717, 1.165) is 5.56 Å². The summed E-state index contributed by atoms with van der Waals surface area (Å²) in [6, 6.07) is 14.5. The zero-order valence-electron chi connectivity index (χ0n) is 14.0. The fraction of sp³-hybridized carbons (Fsp3) is 0.167. The number of hydrogen-bond donors (Lipinski definition) is 0. The van der Waals surface area contributed by atoms with Gasteiger partial charge < -0.3 is 4.74 Å². The summed E-state index contributed by atoms with van der Waals surface area (Å²) in [7, 11) is 0. The Morgan fingerprint density at radius 2 is 1.89 bits per heavy atom. The topological polar surface area (TPSA) is 60.2 Å². The first-order chi connectivity index (χ1) is 13.1. The van der Waals surface area contributed by atoms with Crippen LogP contribution in [-0.2, 0) is 17.9 Å². The highest BCUT2D eigenvalue weighted by Crippen LogP contribution is 2.25. The minimum Gasteiger partial charge on any atom is -0.486 e. The molecule has 27 heavy (non-hydrogen) atoms. The summed E-state index contributed by atoms with van der Waals surface area (Å²) in [4.78, 5) is 12.5. The van der Waals surface area contributed by atoms with Gasteiger partial charge >= 0.3 is 0 Å². The lowest BCUT2D eigenvalue weighted by Crippen LogP contribution is -2.45. The van der Waals surface area contributed by atoms with Gasteiger partial charge in [-0.05, 0) is 42.0 Å². The van der Waals surface area contributed by atoms with E-state index < -0.39 is 0 Å². The summed E-state index contributed by atoms with van der Waals surface area (Å²) in [6.07, 6.45) is 0. The van der Waals surface area contributed by atoms with Gasteiger partial charge in [-0.3, -0.25) is 4.79 Å². The number of halogens is 2. The molecule has 2 aromatic carbocycles. The number of thioether (sulfide) groups is 1. The maximum absolute atomic E-state index is 12.5. The van der Waals surface area contributed by atoms with Crippen molar-refractivity contribution in [3.63, 3.8) is 0 Å². The molecule has 1 amide bonds. The SMILES string of the molecule is O=C1CSc2nnc(COc3ccc(Cl)cc3)n2N1Cc1cccc(Cl)c1. The molecular weight excluding hydrogens is 407 g/mol. The molecule has 0 saturated heterocycles. The molecule has 0 saturated carbocycles. The van der Waals surface area contributed by atoms with E-state index >= 15 is 0 Å². The van der Waals surface area contributed by atoms with Crippen LogP contribution in [-0.4, -0.2) is 26.5 Å². The van der Waals surface area contributed by atoms with Gasteiger partial charge in [-0.25, -0.2) is 9.69 Å². The van der Waals surface area contributed by atoms with E-state index in [2.05, 4.69) is 10.2 Å². The van der Waals surface area contributed by atoms with Crippen LogP contribution in [0.1, 0.15) is 11.4 Å². The predicted molar refractivity (Wildman–Crippen MR) is 105 cm³/mol. The third kappa shape index (κ3) is 4.05. The molecule has 4 rings (SSSR count). The molecule has 3 aromatic rings. The van der Waals surface area contributed by atoms with Crippen LogP contribution < -0.4 is 9.75 Å². The number of carbonyl (C=O) groups is 1. The van der Waals surface area contributed by atoms with Crippen molar-refractivity contribution < 1.29 is 9.53 Å². The van der Waals surface area contributed by atoms with E-state index in [0.29, 0.717) is 39.1 Å². The normalized spacial score (nSPS) is 13.6. The van der Waals surface area contributed by atoms with E-state index in [4.69, 9.17) is 27.9 Å². The molecule has 0 radical (unpaired) electrons. The van der Waals surface area contributed by atoms with Crippen molar-refractivity contribution in [2.75, 3.05) is 10.8 Å². The molecule has 6 nitrogen and oxygen atoms in total. The minimum atomic E-state index is -0.0278. The van der Waals surface area contributed by atoms with Gasteiger partial charge in [0.1, 0.15) is 12.4 Å². The molecule has 0 aliphatic carbocycles. The first-order valence-electron chi connectivity index (χ1n) is 8.11. The molecule has 0 bridgehead atoms. The summed E-state index contributed by atoms with van der Waals surface area (Å²) in [5.74, 6) is 1.49. The molecule has 1 aromatic heterocycles. The van der Waals surface area contributed by atoms with Gasteiger partial charge in [-0.2, -0.15) is 0 Å². The number of fused-ring (bicyclic) bond motifs is 1. The van der Waals surface area contributed by atoms with Gasteiger partial charge in [-0.1, -0.05) is 47.1 Å². The zero-order valence-corrected chi connectivity index (χ0v) is 16.3. The second-order valence-electron chi connectivity index (χ2n) is 5.82. The van der Waals surface area contributed by atoms with Crippen LogP contribution in [0.3, 0.4) is 0 Å². The molecule has 0 fully saturated rings. The number of ether oxygens (including phenoxy) is 1. The fourth-order valence-corrected chi connectivity index (χ4v) is 3.84. The molecule has 2 heterocycles. The summed E-state index contributed by atoms with van der Waals surface area (Å²) >= 11 is 13.3. The smallest absolute Gasteiger partial charge is 0.252 e. The molecule has 138 valence electrons. The highest BCUT2D eigenvalue weighted by molar-refractivity contribution is 7.99. The van der Waals surface area contributed by atoms with Crippen LogP contribution in [0.25, 0.3) is 0 Å². The van der Waals surface area contributed by atoms with Crippen molar-refractivity contribution >= 4 is 40.9 Å². The lowest BCUT2D eigenvalue weighted by Gasteiger charge is -2.29. The number of carbonyl (C=O) groups excluding carboxylic acids is 1. The molecular formula is C18H14Cl2N4O2S. The van der Waals surface area contributed by atoms with Gasteiger partial charge in [0.2, 0.25) is 5.16 Å². The van der Waals surface area contributed by atoms with Gasteiger partial charge in [-0.15, -0.1) is 10.2 Å². The van der Waals surface area contributed by atoms with Gasteiger partial charge in [0.15, 0.2) is 5.82 Å². The number of nitrogens with zero attached hydrogens (tertiary/aromatic N) is 4. The van der Waals surface area contributed by atoms with Gasteiger partial charge in [0.05, 0.1) is 12.3 Å². The van der Waals surface area contributed by atoms with Crippen molar-refractivity contribution in [3.8, 4) is 5.75 Å². The Hall–Kier alpha value is -2.22. The first-order valence-corrected chi connectivity index (χ1v) is 9.85. The van der Waals surface area contributed by atoms with Crippen LogP contribution in [0.4, 0.5) is 0 Å². The number of aromatic nitrogens is 3. The van der Waals surface area contributed by atoms with Crippen molar-refractivity contribution in [3.05, 3.63) is 70.0 Å². The summed E-state index contributed by atoms with van der Waals surface area (Å²) in [5, 5.41) is 11.9. The van der Waals surface area contributed by atoms with Crippen LogP contribution in [0, 0.1) is 0 Å². The average molecular weight is 421 g/mol. The second kappa shape index (κ2) is 7.80. The highest BCUT2D eigenvalue weighted by atomic mass is 35.5. The van der Waals surface area contributed by atoms with Gasteiger partial charge in [0.25, 0.3) is 5.91 Å². The number of amides is 1. The van der Waals surface area contributed by atoms with E-state index in [-0.39, 0.29) is 12.5 Å². The number of benzene rings is 2. The minimum absolute atomic E-state index is 0.0278. The molecule has 0 unspecified atom stereocenters. The standard InChI is InChI=1S/C18H14Cl2N4O2S/c19-13-4-6-15(7-5-13)26-10-16-21-22-18-24(16)23(17(25)11-27-18)9-12-2-1-3-14(20)8-12/h1-8H,9-11H2. The Morgan fingerprint density at radius 1 is 1.07 bits per heavy atom. The molecule has 9 heteroatoms. The summed E-state index contributed by atoms with van der Waals surface area (Å²) in [6.45, 7) is 0.549. The first kappa shape index (κ1) is 18.2. The monoisotopic (exact) mass is 420 g/mol. The van der Waals surface area contributed by atoms with Crippen LogP contribution in [0.5, 0.6) is 5.75 Å². The quantitative estimate of drug-likeness (QED) is 0.625. The van der Waals surface area contributed by atoms with E-state index in [9.17, 15) is 4.79 Å². The lowest BCUT2D eigenvalue weighted by molar-refractivity contribution is -0.118. The van der Waals surface area contributed by atoms with Crippen LogP contribution in [0.2, 0.25) is 10.0 Å². The van der Waals surface area contributed by atoms with Crippen molar-refractivity contribution in [2.24, 2.45) is 0 Å². The molecule has 1 aliphatic rings. The molecule has 0 N–H and O–H groups in total. The lowest BCUT2D eigenvalue weighted by atomic mass is 10.2. The maximum Gasteiger partial charge on any atom is 0.252 e. The Bertz CT molecular complexity index is 978. The second-order valence-corrected chi connectivity index (χ2v) is 7.64. The Morgan fingerprint density at radius 3 is 2.67 bits per heavy atom. The third-order valence-corrected chi connectivity index (χ3v) is 5.32. The van der Waals surface area contributed by atoms with Crippen molar-refractivity contribution in [1.29, 1.82) is 0 Å². The fourth-order valence-electron chi connectivity index (χ4n) is 2.68. The van der Waals surface area contributed by atoms with Crippen LogP contribution >= 0.6 is 35.0 Å². The van der Waals surface area contributed by atoms with E-state index in [1.165, 1.54) is 11.8 Å². The Kier molecular flexibility index (Phi) is 5.24. The third-order valence-electron chi connectivity index (χ3n) is 3.93. The molecule has 0 spiro atoms. The van der Waals surface area contributed by atoms with Gasteiger partial charge in [0, 0.05) is 10.0 Å².